The van der Waals surface area contributed by atoms with E-state index in [1.54, 1.807) is 0 Å². The van der Waals surface area contributed by atoms with E-state index in [1.165, 1.54) is 12.5 Å². The van der Waals surface area contributed by atoms with Crippen LogP contribution in [0.15, 0.2) is 0 Å². The van der Waals surface area contributed by atoms with Crippen LogP contribution in [0.5, 0.6) is 0 Å². The zero-order valence-electron chi connectivity index (χ0n) is 18.1. The van der Waals surface area contributed by atoms with Crippen molar-refractivity contribution in [2.45, 2.75) is 116 Å². The first-order chi connectivity index (χ1) is 10.1. The average molecular weight is 377 g/mol. The lowest BCUT2D eigenvalue weighted by molar-refractivity contribution is 0.0756. The summed E-state index contributed by atoms with van der Waals surface area (Å²) in [6.07, 6.45) is 3.34. The summed E-state index contributed by atoms with van der Waals surface area (Å²) in [5.41, 5.74) is 0. The lowest BCUT2D eigenvalue weighted by Gasteiger charge is -2.52. The Kier molecular flexibility index (Phi) is 8.05. The highest BCUT2D eigenvalue weighted by molar-refractivity contribution is 6.82. The van der Waals surface area contributed by atoms with Gasteiger partial charge in [-0.25, -0.2) is 0 Å². The van der Waals surface area contributed by atoms with E-state index >= 15 is 0 Å². The summed E-state index contributed by atoms with van der Waals surface area (Å²) in [6, 6.07) is 1.23. The highest BCUT2D eigenvalue weighted by Crippen LogP contribution is 2.39. The van der Waals surface area contributed by atoms with Gasteiger partial charge >= 0.3 is 0 Å². The van der Waals surface area contributed by atoms with Crippen molar-refractivity contribution in [2.75, 3.05) is 0 Å². The Morgan fingerprint density at radius 3 is 1.43 bits per heavy atom. The maximum absolute atomic E-state index is 7.02. The summed E-state index contributed by atoms with van der Waals surface area (Å²) in [5.74, 6) is 0. The first kappa shape index (κ1) is 23.6. The van der Waals surface area contributed by atoms with Gasteiger partial charge in [0.15, 0.2) is 8.32 Å². The molecule has 140 valence electrons. The molecule has 0 aromatic rings. The largest absolute Gasteiger partial charge is 0.412 e. The zero-order chi connectivity index (χ0) is 18.7. The van der Waals surface area contributed by atoms with E-state index < -0.39 is 24.7 Å². The summed E-state index contributed by atoms with van der Waals surface area (Å²) in [5, 5.41) is -0.0764. The summed E-state index contributed by atoms with van der Waals surface area (Å²) in [7, 11) is -5.07. The van der Waals surface area contributed by atoms with Gasteiger partial charge < -0.3 is 8.85 Å². The van der Waals surface area contributed by atoms with Gasteiger partial charge in [-0.05, 0) is 58.9 Å². The molecule has 0 N–H and O–H groups in total. The van der Waals surface area contributed by atoms with E-state index in [9.17, 15) is 0 Å². The molecule has 2 nitrogen and oxygen atoms in total. The van der Waals surface area contributed by atoms with Crippen LogP contribution in [-0.4, -0.2) is 35.2 Å². The molecular weight excluding hydrogens is 332 g/mol. The lowest BCUT2D eigenvalue weighted by atomic mass is 10.3. The van der Waals surface area contributed by atoms with Crippen molar-refractivity contribution in [3.8, 4) is 0 Å². The molecule has 1 unspecified atom stereocenters. The number of hydrogen-bond donors (Lipinski definition) is 0. The highest BCUT2D eigenvalue weighted by atomic mass is 28.4. The number of hydrogen-bond acceptors (Lipinski definition) is 2. The fourth-order valence-corrected chi connectivity index (χ4v) is 13.2. The van der Waals surface area contributed by atoms with E-state index in [-0.39, 0.29) is 10.4 Å². The molecule has 0 heterocycles. The molecule has 0 saturated heterocycles. The van der Waals surface area contributed by atoms with Crippen molar-refractivity contribution in [3.63, 3.8) is 0 Å². The molecule has 5 heteroatoms. The summed E-state index contributed by atoms with van der Waals surface area (Å²) < 4.78 is 13.9. The van der Waals surface area contributed by atoms with Crippen molar-refractivity contribution in [1.29, 1.82) is 0 Å². The van der Waals surface area contributed by atoms with Crippen molar-refractivity contribution in [3.05, 3.63) is 0 Å². The van der Waals surface area contributed by atoms with Crippen molar-refractivity contribution in [1.82, 2.24) is 0 Å². The molecule has 0 bridgehead atoms. The zero-order valence-corrected chi connectivity index (χ0v) is 21.1. The van der Waals surface area contributed by atoms with Gasteiger partial charge in [0.1, 0.15) is 0 Å². The van der Waals surface area contributed by atoms with Crippen LogP contribution in [0.4, 0.5) is 0 Å². The second-order valence-electron chi connectivity index (χ2n) is 9.64. The van der Waals surface area contributed by atoms with Crippen LogP contribution < -0.4 is 0 Å². The van der Waals surface area contributed by atoms with Crippen LogP contribution in [0.3, 0.4) is 0 Å². The predicted octanol–water partition coefficient (Wildman–Crippen LogP) is 6.59. The fourth-order valence-electron chi connectivity index (χ4n) is 3.31. The monoisotopic (exact) mass is 376 g/mol. The van der Waals surface area contributed by atoms with Crippen molar-refractivity contribution in [2.24, 2.45) is 0 Å². The third kappa shape index (κ3) is 5.80. The van der Waals surface area contributed by atoms with Gasteiger partial charge in [-0.15, -0.1) is 0 Å². The van der Waals surface area contributed by atoms with Gasteiger partial charge in [-0.2, -0.15) is 0 Å². The smallest absolute Gasteiger partial charge is 0.216 e. The third-order valence-electron chi connectivity index (χ3n) is 6.04. The molecule has 0 aliphatic carbocycles. The Hall–Kier alpha value is 0.571. The van der Waals surface area contributed by atoms with Gasteiger partial charge in [-0.3, -0.25) is 0 Å². The second kappa shape index (κ2) is 7.85. The molecule has 0 amide bonds. The van der Waals surface area contributed by atoms with E-state index in [2.05, 4.69) is 80.4 Å². The molecule has 0 aliphatic heterocycles. The summed E-state index contributed by atoms with van der Waals surface area (Å²) in [4.78, 5) is 0. The minimum atomic E-state index is -2.01. The van der Waals surface area contributed by atoms with Crippen molar-refractivity contribution < 1.29 is 8.85 Å². The van der Waals surface area contributed by atoms with Gasteiger partial charge in [0.05, 0.1) is 13.3 Å². The van der Waals surface area contributed by atoms with Crippen LogP contribution in [-0.2, 0) is 8.85 Å². The standard InChI is InChI=1S/C18H44O2Si3/c1-13-16-22(9,10)19-18(5,15-3)23(11,12)20-17(4,14-2)21(6,7)8/h13-16H2,1-12H3/t17-,18?/m0/s1. The van der Waals surface area contributed by atoms with E-state index in [4.69, 9.17) is 8.85 Å². The maximum Gasteiger partial charge on any atom is 0.216 e. The summed E-state index contributed by atoms with van der Waals surface area (Å²) >= 11 is 0. The Bertz CT molecular complexity index is 377. The van der Waals surface area contributed by atoms with Crippen LogP contribution in [0, 0.1) is 0 Å². The minimum absolute atomic E-state index is 0.0268. The summed E-state index contributed by atoms with van der Waals surface area (Å²) in [6.45, 7) is 28.3. The SMILES string of the molecule is CCC[Si](C)(C)OC(C)(CC)[Si](C)(C)O[C@](C)(CC)[Si](C)(C)C. The first-order valence-electron chi connectivity index (χ1n) is 9.50. The molecular formula is C18H44O2Si3. The third-order valence-corrected chi connectivity index (χ3v) is 16.8. The topological polar surface area (TPSA) is 18.5 Å². The molecule has 0 saturated carbocycles. The van der Waals surface area contributed by atoms with Gasteiger partial charge in [0.2, 0.25) is 8.32 Å². The Balaban J connectivity index is 5.57. The van der Waals surface area contributed by atoms with Crippen LogP contribution in [0.2, 0.25) is 51.9 Å². The Morgan fingerprint density at radius 1 is 0.696 bits per heavy atom. The van der Waals surface area contributed by atoms with Gasteiger partial charge in [0.25, 0.3) is 0 Å². The first-order valence-corrected chi connectivity index (χ1v) is 19.0. The molecule has 0 aromatic carbocycles. The molecule has 23 heavy (non-hydrogen) atoms. The van der Waals surface area contributed by atoms with E-state index in [0.717, 1.165) is 12.8 Å². The van der Waals surface area contributed by atoms with Crippen molar-refractivity contribution >= 4 is 24.7 Å². The molecule has 0 aliphatic rings. The fraction of sp³-hybridized carbons (Fsp3) is 1.00. The van der Waals surface area contributed by atoms with Crippen LogP contribution in [0.1, 0.15) is 53.9 Å². The van der Waals surface area contributed by atoms with Crippen LogP contribution in [0.25, 0.3) is 0 Å². The molecule has 0 spiro atoms. The average Bonchev–Trinajstić information content (AvgIpc) is 2.35. The maximum atomic E-state index is 7.02. The molecule has 0 rings (SSSR count). The van der Waals surface area contributed by atoms with Crippen LogP contribution >= 0.6 is 0 Å². The van der Waals surface area contributed by atoms with Gasteiger partial charge in [0, 0.05) is 5.22 Å². The second-order valence-corrected chi connectivity index (χ2v) is 23.7. The number of rotatable bonds is 10. The molecule has 0 fully saturated rings. The van der Waals surface area contributed by atoms with E-state index in [1.807, 2.05) is 0 Å². The molecule has 2 atom stereocenters. The molecule has 0 aromatic heterocycles. The predicted molar refractivity (Wildman–Crippen MR) is 113 cm³/mol. The minimum Gasteiger partial charge on any atom is -0.412 e. The van der Waals surface area contributed by atoms with Gasteiger partial charge in [-0.1, -0.05) is 46.8 Å². The Labute approximate surface area is 150 Å². The highest BCUT2D eigenvalue weighted by Gasteiger charge is 2.52. The Morgan fingerprint density at radius 2 is 1.13 bits per heavy atom. The van der Waals surface area contributed by atoms with E-state index in [0.29, 0.717) is 0 Å². The quantitative estimate of drug-likeness (QED) is 0.400. The lowest BCUT2D eigenvalue weighted by Crippen LogP contribution is -2.66. The molecule has 0 radical (unpaired) electrons. The normalized spacial score (nSPS) is 19.3.